The maximum absolute atomic E-state index is 13.1. The lowest BCUT2D eigenvalue weighted by molar-refractivity contribution is -0.143. The molecule has 12 heteroatoms. The van der Waals surface area contributed by atoms with Gasteiger partial charge in [-0.3, -0.25) is 14.4 Å². The summed E-state index contributed by atoms with van der Waals surface area (Å²) in [6, 6.07) is -3.85. The van der Waals surface area contributed by atoms with Crippen LogP contribution in [-0.2, 0) is 25.6 Å². The van der Waals surface area contributed by atoms with Crippen molar-refractivity contribution in [3.63, 3.8) is 0 Å². The summed E-state index contributed by atoms with van der Waals surface area (Å²) < 4.78 is 0. The van der Waals surface area contributed by atoms with Crippen molar-refractivity contribution in [2.24, 2.45) is 17.6 Å². The van der Waals surface area contributed by atoms with Crippen LogP contribution in [0.5, 0.6) is 0 Å². The molecule has 0 aliphatic rings. The number of amides is 3. The number of carboxylic acids is 1. The van der Waals surface area contributed by atoms with Gasteiger partial charge in [0.1, 0.15) is 18.1 Å². The van der Waals surface area contributed by atoms with Crippen molar-refractivity contribution in [2.45, 2.75) is 71.1 Å². The molecule has 0 saturated heterocycles. The molecule has 1 rings (SSSR count). The molecule has 34 heavy (non-hydrogen) atoms. The van der Waals surface area contributed by atoms with Crippen LogP contribution in [0.25, 0.3) is 0 Å². The number of aromatic nitrogens is 2. The molecule has 11 nitrogen and oxygen atoms in total. The molecule has 1 aromatic rings. The molecule has 5 unspecified atom stereocenters. The molecule has 7 N–H and O–H groups in total. The van der Waals surface area contributed by atoms with Gasteiger partial charge in [-0.25, -0.2) is 9.78 Å². The van der Waals surface area contributed by atoms with Gasteiger partial charge in [-0.2, -0.15) is 11.8 Å². The number of hydrogen-bond acceptors (Lipinski definition) is 7. The summed E-state index contributed by atoms with van der Waals surface area (Å²) in [7, 11) is 0. The van der Waals surface area contributed by atoms with Crippen LogP contribution in [0.1, 0.15) is 46.2 Å². The molecule has 0 spiro atoms. The molecule has 0 radical (unpaired) electrons. The predicted molar refractivity (Wildman–Crippen MR) is 131 cm³/mol. The highest BCUT2D eigenvalue weighted by Crippen LogP contribution is 2.10. The Hall–Kier alpha value is -2.60. The molecule has 1 aromatic heterocycles. The monoisotopic (exact) mass is 498 g/mol. The average Bonchev–Trinajstić information content (AvgIpc) is 3.31. The molecular weight excluding hydrogens is 460 g/mol. The van der Waals surface area contributed by atoms with Crippen molar-refractivity contribution in [1.29, 1.82) is 0 Å². The molecule has 0 aromatic carbocycles. The third-order valence-corrected chi connectivity index (χ3v) is 6.30. The molecule has 0 bridgehead atoms. The molecular formula is C22H38N6O5S. The first-order valence-corrected chi connectivity index (χ1v) is 12.8. The number of nitrogens with one attached hydrogen (secondary N) is 4. The van der Waals surface area contributed by atoms with Crippen molar-refractivity contribution in [3.8, 4) is 0 Å². The van der Waals surface area contributed by atoms with Crippen molar-refractivity contribution >= 4 is 35.5 Å². The summed E-state index contributed by atoms with van der Waals surface area (Å²) in [5.74, 6) is -2.61. The summed E-state index contributed by atoms with van der Waals surface area (Å²) in [5.41, 5.74) is 6.51. The van der Waals surface area contributed by atoms with Crippen LogP contribution in [0.4, 0.5) is 0 Å². The van der Waals surface area contributed by atoms with E-state index in [-0.39, 0.29) is 18.3 Å². The standard InChI is InChI=1S/C22H38N6O5S/c1-6-13(4)18(22(32)33)28-20(30)16(9-14-10-24-11-25-14)27-19(29)15(7-8-34-5)26-21(31)17(23)12(2)3/h10-13,15-18H,6-9,23H2,1-5H3,(H,24,25)(H,26,31)(H,27,29)(H,28,30)(H,32,33). The Morgan fingerprint density at radius 1 is 1.09 bits per heavy atom. The minimum absolute atomic E-state index is 0.0686. The van der Waals surface area contributed by atoms with Gasteiger partial charge in [-0.05, 0) is 30.3 Å². The SMILES string of the molecule is CCC(C)C(NC(=O)C(Cc1cnc[nH]1)NC(=O)C(CCSC)NC(=O)C(N)C(C)C)C(=O)O. The van der Waals surface area contributed by atoms with E-state index in [9.17, 15) is 24.3 Å². The van der Waals surface area contributed by atoms with Gasteiger partial charge in [0, 0.05) is 18.3 Å². The Morgan fingerprint density at radius 2 is 1.71 bits per heavy atom. The number of carbonyl (C=O) groups is 4. The zero-order chi connectivity index (χ0) is 25.8. The van der Waals surface area contributed by atoms with E-state index in [1.807, 2.05) is 27.0 Å². The fourth-order valence-electron chi connectivity index (χ4n) is 3.11. The molecule has 0 saturated carbocycles. The van der Waals surface area contributed by atoms with Gasteiger partial charge in [0.15, 0.2) is 0 Å². The number of thioether (sulfide) groups is 1. The van der Waals surface area contributed by atoms with Crippen LogP contribution in [0.2, 0.25) is 0 Å². The number of rotatable bonds is 15. The minimum Gasteiger partial charge on any atom is -0.480 e. The molecule has 0 aliphatic heterocycles. The lowest BCUT2D eigenvalue weighted by Gasteiger charge is -2.26. The van der Waals surface area contributed by atoms with Crippen molar-refractivity contribution < 1.29 is 24.3 Å². The van der Waals surface area contributed by atoms with E-state index in [4.69, 9.17) is 5.73 Å². The van der Waals surface area contributed by atoms with Gasteiger partial charge in [0.2, 0.25) is 17.7 Å². The molecule has 3 amide bonds. The Balaban J connectivity index is 3.07. The van der Waals surface area contributed by atoms with Crippen LogP contribution in [0.3, 0.4) is 0 Å². The second-order valence-corrected chi connectivity index (χ2v) is 9.65. The number of nitrogens with two attached hydrogens (primary N) is 1. The Morgan fingerprint density at radius 3 is 2.21 bits per heavy atom. The lowest BCUT2D eigenvalue weighted by Crippen LogP contribution is -2.58. The van der Waals surface area contributed by atoms with Crippen LogP contribution >= 0.6 is 11.8 Å². The third-order valence-electron chi connectivity index (χ3n) is 5.65. The van der Waals surface area contributed by atoms with Crippen LogP contribution in [0.15, 0.2) is 12.5 Å². The number of H-pyrrole nitrogens is 1. The second-order valence-electron chi connectivity index (χ2n) is 8.66. The first-order chi connectivity index (χ1) is 16.0. The summed E-state index contributed by atoms with van der Waals surface area (Å²) in [6.45, 7) is 7.18. The molecule has 192 valence electrons. The number of aromatic amines is 1. The first-order valence-electron chi connectivity index (χ1n) is 11.4. The molecule has 0 aliphatic carbocycles. The van der Waals surface area contributed by atoms with Gasteiger partial charge in [0.25, 0.3) is 0 Å². The van der Waals surface area contributed by atoms with Crippen LogP contribution < -0.4 is 21.7 Å². The fraction of sp³-hybridized carbons (Fsp3) is 0.682. The topological polar surface area (TPSA) is 179 Å². The normalized spacial score (nSPS) is 15.6. The fourth-order valence-corrected chi connectivity index (χ4v) is 3.58. The molecule has 0 fully saturated rings. The van der Waals surface area contributed by atoms with Gasteiger partial charge in [-0.15, -0.1) is 0 Å². The number of nitrogens with zero attached hydrogens (tertiary/aromatic N) is 1. The third kappa shape index (κ3) is 9.34. The van der Waals surface area contributed by atoms with E-state index >= 15 is 0 Å². The Kier molecular flexibility index (Phi) is 12.7. The predicted octanol–water partition coefficient (Wildman–Crippen LogP) is 0.274. The van der Waals surface area contributed by atoms with Crippen molar-refractivity contribution in [2.75, 3.05) is 12.0 Å². The number of aliphatic carboxylic acids is 1. The summed E-state index contributed by atoms with van der Waals surface area (Å²) in [4.78, 5) is 57.2. The maximum Gasteiger partial charge on any atom is 0.326 e. The highest BCUT2D eigenvalue weighted by Gasteiger charge is 2.32. The van der Waals surface area contributed by atoms with E-state index in [1.165, 1.54) is 24.3 Å². The van der Waals surface area contributed by atoms with Crippen molar-refractivity contribution in [1.82, 2.24) is 25.9 Å². The number of carbonyl (C=O) groups excluding carboxylic acids is 3. The molecule has 5 atom stereocenters. The highest BCUT2D eigenvalue weighted by molar-refractivity contribution is 7.98. The number of carboxylic acid groups (broad SMARTS) is 1. The van der Waals surface area contributed by atoms with Crippen LogP contribution in [-0.4, -0.2) is 74.9 Å². The largest absolute Gasteiger partial charge is 0.480 e. The quantitative estimate of drug-likeness (QED) is 0.199. The first kappa shape index (κ1) is 29.4. The van der Waals surface area contributed by atoms with Gasteiger partial charge in [-0.1, -0.05) is 34.1 Å². The van der Waals surface area contributed by atoms with E-state index in [1.54, 1.807) is 6.92 Å². The average molecular weight is 499 g/mol. The number of hydrogen-bond donors (Lipinski definition) is 6. The summed E-state index contributed by atoms with van der Waals surface area (Å²) >= 11 is 1.52. The molecule has 1 heterocycles. The Labute approximate surface area is 204 Å². The van der Waals surface area contributed by atoms with E-state index in [2.05, 4.69) is 25.9 Å². The summed E-state index contributed by atoms with van der Waals surface area (Å²) in [5, 5.41) is 17.5. The zero-order valence-electron chi connectivity index (χ0n) is 20.5. The smallest absolute Gasteiger partial charge is 0.326 e. The van der Waals surface area contributed by atoms with Gasteiger partial charge < -0.3 is 31.8 Å². The second kappa shape index (κ2) is 14.6. The zero-order valence-corrected chi connectivity index (χ0v) is 21.3. The van der Waals surface area contributed by atoms with E-state index < -0.39 is 47.9 Å². The maximum atomic E-state index is 13.1. The lowest BCUT2D eigenvalue weighted by atomic mass is 9.98. The van der Waals surface area contributed by atoms with Gasteiger partial charge >= 0.3 is 5.97 Å². The van der Waals surface area contributed by atoms with Crippen molar-refractivity contribution in [3.05, 3.63) is 18.2 Å². The van der Waals surface area contributed by atoms with Gasteiger partial charge in [0.05, 0.1) is 12.4 Å². The Bertz CT molecular complexity index is 804. The minimum atomic E-state index is -1.15. The highest BCUT2D eigenvalue weighted by atomic mass is 32.2. The number of imidazole rings is 1. The van der Waals surface area contributed by atoms with E-state index in [0.29, 0.717) is 24.3 Å². The summed E-state index contributed by atoms with van der Waals surface area (Å²) in [6.07, 6.45) is 5.80. The van der Waals surface area contributed by atoms with Crippen LogP contribution in [0, 0.1) is 11.8 Å². The van der Waals surface area contributed by atoms with E-state index in [0.717, 1.165) is 0 Å².